The van der Waals surface area contributed by atoms with E-state index in [1.54, 1.807) is 0 Å². The quantitative estimate of drug-likeness (QED) is 0.205. The molecule has 9 rings (SSSR count). The first-order valence-electron chi connectivity index (χ1n) is 17.5. The average Bonchev–Trinajstić information content (AvgIpc) is 3.75. The maximum atomic E-state index is 9.15. The van der Waals surface area contributed by atoms with Gasteiger partial charge in [-0.15, -0.1) is 11.3 Å². The number of benzene rings is 6. The maximum absolute atomic E-state index is 9.15. The van der Waals surface area contributed by atoms with Crippen molar-refractivity contribution in [2.45, 2.75) is 0 Å². The number of para-hydroxylation sites is 1. The predicted molar refractivity (Wildman–Crippen MR) is 182 cm³/mol. The summed E-state index contributed by atoms with van der Waals surface area (Å²) < 4.78 is 67.5. The Morgan fingerprint density at radius 1 is 0.500 bits per heavy atom. The van der Waals surface area contributed by atoms with Crippen molar-refractivity contribution in [3.8, 4) is 45.3 Å². The molecule has 0 unspecified atom stereocenters. The number of hydrogen-bond acceptors (Lipinski definition) is 5. The zero-order valence-corrected chi connectivity index (χ0v) is 23.7. The van der Waals surface area contributed by atoms with E-state index in [9.17, 15) is 0 Å². The van der Waals surface area contributed by atoms with Gasteiger partial charge >= 0.3 is 0 Å². The number of hydrogen-bond donors (Lipinski definition) is 0. The summed E-state index contributed by atoms with van der Waals surface area (Å²) in [6.45, 7) is 0. The lowest BCUT2D eigenvalue weighted by molar-refractivity contribution is 0.669. The van der Waals surface area contributed by atoms with Crippen molar-refractivity contribution in [2.75, 3.05) is 0 Å². The molecule has 0 N–H and O–H groups in total. The van der Waals surface area contributed by atoms with Gasteiger partial charge in [0.05, 0.1) is 9.60 Å². The smallest absolute Gasteiger partial charge is 0.164 e. The molecule has 206 valence electrons. The molecule has 44 heavy (non-hydrogen) atoms. The van der Waals surface area contributed by atoms with E-state index in [2.05, 4.69) is 0 Å². The monoisotopic (exact) mass is 588 g/mol. The number of fused-ring (bicyclic) bond motifs is 6. The third kappa shape index (κ3) is 4.09. The zero-order chi connectivity index (χ0) is 35.1. The van der Waals surface area contributed by atoms with E-state index >= 15 is 0 Å². The molecule has 0 aliphatic rings. The summed E-state index contributed by atoms with van der Waals surface area (Å²) in [6, 6.07) is 28.8. The lowest BCUT2D eigenvalue weighted by Crippen LogP contribution is -2.00. The number of rotatable bonds is 4. The third-order valence-corrected chi connectivity index (χ3v) is 8.69. The van der Waals surface area contributed by atoms with Crippen LogP contribution in [-0.4, -0.2) is 15.0 Å². The largest absolute Gasteiger partial charge is 0.456 e. The fraction of sp³-hybridized carbons (Fsp3) is 0. The van der Waals surface area contributed by atoms with Crippen molar-refractivity contribution < 1.29 is 14.0 Å². The second-order valence-corrected chi connectivity index (χ2v) is 11.3. The van der Waals surface area contributed by atoms with Crippen LogP contribution in [0.5, 0.6) is 0 Å². The molecule has 0 saturated carbocycles. The molecule has 6 aromatic carbocycles. The van der Waals surface area contributed by atoms with Gasteiger partial charge in [0.2, 0.25) is 0 Å². The Labute approximate surface area is 266 Å². The summed E-state index contributed by atoms with van der Waals surface area (Å²) in [4.78, 5) is 14.7. The summed E-state index contributed by atoms with van der Waals surface area (Å²) >= 11 is 1.00. The van der Waals surface area contributed by atoms with Crippen LogP contribution in [0.4, 0.5) is 0 Å². The van der Waals surface area contributed by atoms with Crippen molar-refractivity contribution in [2.24, 2.45) is 0 Å². The Bertz CT molecular complexity index is 2910. The Hall–Kier alpha value is -5.65. The highest BCUT2D eigenvalue weighted by Gasteiger charge is 2.18. The van der Waals surface area contributed by atoms with Crippen LogP contribution in [0.2, 0.25) is 0 Å². The third-order valence-electron chi connectivity index (χ3n) is 7.67. The van der Waals surface area contributed by atoms with Crippen LogP contribution in [-0.2, 0) is 0 Å². The minimum absolute atomic E-state index is 0.0421. The van der Waals surface area contributed by atoms with E-state index in [0.29, 0.717) is 22.5 Å². The molecule has 0 bridgehead atoms. The van der Waals surface area contributed by atoms with Gasteiger partial charge in [-0.05, 0) is 47.5 Å². The van der Waals surface area contributed by atoms with Gasteiger partial charge in [-0.2, -0.15) is 0 Å². The molecule has 0 saturated heterocycles. The van der Waals surface area contributed by atoms with Crippen LogP contribution < -0.4 is 0 Å². The SMILES string of the molecule is [2H]c1c([2H])c([2H])c2c(sc3c([2H])c([2H])c([2H])c(-c4nc(-c5cccc(-c6ccccc6)c5)nc(-c5ccc6c(c5)oc5ccccc56)n4)c32)c1[2H]. The molecule has 5 heteroatoms. The fourth-order valence-corrected chi connectivity index (χ4v) is 6.58. The molecule has 0 spiro atoms. The van der Waals surface area contributed by atoms with Crippen molar-refractivity contribution in [3.05, 3.63) is 139 Å². The van der Waals surface area contributed by atoms with Gasteiger partial charge in [0.25, 0.3) is 0 Å². The van der Waals surface area contributed by atoms with E-state index in [1.165, 1.54) is 0 Å². The first-order valence-corrected chi connectivity index (χ1v) is 14.8. The zero-order valence-electron chi connectivity index (χ0n) is 29.9. The van der Waals surface area contributed by atoms with Gasteiger partial charge in [-0.25, -0.2) is 15.0 Å². The molecular formula is C39H23N3OS. The predicted octanol–water partition coefficient (Wildman–Crippen LogP) is 10.8. The topological polar surface area (TPSA) is 51.8 Å². The summed E-state index contributed by atoms with van der Waals surface area (Å²) in [7, 11) is 0. The fourth-order valence-electron chi connectivity index (χ4n) is 5.61. The summed E-state index contributed by atoms with van der Waals surface area (Å²) in [5.74, 6) is 0.617. The Balaban J connectivity index is 1.36. The first-order chi connectivity index (χ1) is 24.7. The van der Waals surface area contributed by atoms with E-state index in [0.717, 1.165) is 38.8 Å². The molecule has 9 aromatic rings. The molecular weight excluding hydrogens is 559 g/mol. The normalized spacial score (nSPS) is 13.9. The number of aromatic nitrogens is 3. The highest BCUT2D eigenvalue weighted by molar-refractivity contribution is 7.25. The Kier molecular flexibility index (Phi) is 4.26. The summed E-state index contributed by atoms with van der Waals surface area (Å²) in [6.07, 6.45) is 0. The lowest BCUT2D eigenvalue weighted by Gasteiger charge is -2.10. The molecule has 3 aromatic heterocycles. The Morgan fingerprint density at radius 3 is 2.11 bits per heavy atom. The van der Waals surface area contributed by atoms with Crippen LogP contribution >= 0.6 is 11.3 Å². The van der Waals surface area contributed by atoms with E-state index < -0.39 is 12.1 Å². The molecule has 0 aliphatic carbocycles. The number of nitrogens with zero attached hydrogens (tertiary/aromatic N) is 3. The molecule has 4 nitrogen and oxygen atoms in total. The molecule has 0 atom stereocenters. The van der Waals surface area contributed by atoms with Crippen LogP contribution in [0.15, 0.2) is 144 Å². The highest BCUT2D eigenvalue weighted by atomic mass is 32.1. The molecule has 0 fully saturated rings. The van der Waals surface area contributed by atoms with Gasteiger partial charge < -0.3 is 4.42 Å². The average molecular weight is 589 g/mol. The second kappa shape index (κ2) is 9.97. The lowest BCUT2D eigenvalue weighted by atomic mass is 10.0. The highest BCUT2D eigenvalue weighted by Crippen LogP contribution is 2.40. The minimum atomic E-state index is -0.431. The minimum Gasteiger partial charge on any atom is -0.456 e. The van der Waals surface area contributed by atoms with E-state index in [1.807, 2.05) is 97.1 Å². The van der Waals surface area contributed by atoms with E-state index in [4.69, 9.17) is 29.0 Å². The van der Waals surface area contributed by atoms with Gasteiger partial charge in [-0.1, -0.05) is 103 Å². The van der Waals surface area contributed by atoms with Crippen molar-refractivity contribution in [1.29, 1.82) is 0 Å². The van der Waals surface area contributed by atoms with Gasteiger partial charge in [-0.3, -0.25) is 0 Å². The van der Waals surface area contributed by atoms with Crippen molar-refractivity contribution in [3.63, 3.8) is 0 Å². The second-order valence-electron chi connectivity index (χ2n) is 10.3. The van der Waals surface area contributed by atoms with Crippen LogP contribution in [0, 0.1) is 0 Å². The van der Waals surface area contributed by atoms with Gasteiger partial charge in [0, 0.05) is 47.6 Å². The van der Waals surface area contributed by atoms with Gasteiger partial charge in [0.15, 0.2) is 17.5 Å². The van der Waals surface area contributed by atoms with Crippen molar-refractivity contribution in [1.82, 2.24) is 15.0 Å². The summed E-state index contributed by atoms with van der Waals surface area (Å²) in [5, 5.41) is 2.30. The maximum Gasteiger partial charge on any atom is 0.164 e. The molecule has 0 aliphatic heterocycles. The summed E-state index contributed by atoms with van der Waals surface area (Å²) in [5.41, 5.74) is 4.71. The first kappa shape index (κ1) is 18.8. The van der Waals surface area contributed by atoms with Crippen LogP contribution in [0.1, 0.15) is 9.60 Å². The number of thiophene rings is 1. The Morgan fingerprint density at radius 2 is 1.20 bits per heavy atom. The molecule has 0 amide bonds. The molecule has 3 heterocycles. The molecule has 0 radical (unpaired) electrons. The van der Waals surface area contributed by atoms with Gasteiger partial charge in [0.1, 0.15) is 11.2 Å². The van der Waals surface area contributed by atoms with Crippen molar-refractivity contribution >= 4 is 53.4 Å². The number of furan rings is 1. The van der Waals surface area contributed by atoms with Crippen LogP contribution in [0.3, 0.4) is 0 Å². The van der Waals surface area contributed by atoms with E-state index in [-0.39, 0.29) is 67.6 Å². The van der Waals surface area contributed by atoms with Crippen LogP contribution in [0.25, 0.3) is 87.4 Å². The standard InChI is InChI=1S/C39H23N3OS/c1-2-10-24(11-3-1)25-12-8-13-26(22-25)37-40-38(27-20-21-29-28-14-4-6-17-32(28)43-33(29)23-27)42-39(41-37)31-16-9-19-35-36(31)30-15-5-7-18-34(30)44-35/h1-23H/i5D,7D,9D,15D,16D,18D,19D.